The number of hydrogen-bond acceptors (Lipinski definition) is 16. The second-order valence-corrected chi connectivity index (χ2v) is 12.6. The highest BCUT2D eigenvalue weighted by atomic mass is 35.5. The summed E-state index contributed by atoms with van der Waals surface area (Å²) in [5.74, 6) is -0.742. The number of nitrogens with two attached hydrogens (primary N) is 3. The SMILES string of the molecule is COc1ccc(-c2c(C#N)c(N)nc(SCc3coc(-c4ccc(Cl)cc4)n3)c2C#N)cc1.C[C@H](NC(=O)[C@@H](C)N)C(=O)OCCOC(=O)CNC(=O)CN. The summed E-state index contributed by atoms with van der Waals surface area (Å²) in [7, 11) is 1.57. The summed E-state index contributed by atoms with van der Waals surface area (Å²) in [5, 5.41) is 25.2. The number of esters is 2. The molecule has 2 aromatic carbocycles. The van der Waals surface area contributed by atoms with E-state index in [9.17, 15) is 29.7 Å². The number of anilines is 1. The van der Waals surface area contributed by atoms with Crippen LogP contribution in [0.5, 0.6) is 5.75 Å². The van der Waals surface area contributed by atoms with Gasteiger partial charge in [-0.15, -0.1) is 0 Å². The molecule has 288 valence electrons. The molecule has 2 aromatic heterocycles. The van der Waals surface area contributed by atoms with Crippen molar-refractivity contribution in [3.8, 4) is 40.5 Å². The number of benzene rings is 2. The quantitative estimate of drug-likeness (QED) is 0.0657. The van der Waals surface area contributed by atoms with Gasteiger partial charge in [0, 0.05) is 21.9 Å². The van der Waals surface area contributed by atoms with Gasteiger partial charge < -0.3 is 46.5 Å². The molecular formula is C36H38ClN9O8S. The molecule has 4 aromatic rings. The monoisotopic (exact) mass is 791 g/mol. The van der Waals surface area contributed by atoms with Gasteiger partial charge in [0.1, 0.15) is 66.4 Å². The van der Waals surface area contributed by atoms with Crippen LogP contribution in [-0.4, -0.2) is 79.2 Å². The maximum Gasteiger partial charge on any atom is 0.328 e. The summed E-state index contributed by atoms with van der Waals surface area (Å²) in [4.78, 5) is 53.6. The van der Waals surface area contributed by atoms with Crippen LogP contribution in [0.25, 0.3) is 22.6 Å². The molecule has 2 atom stereocenters. The maximum absolute atomic E-state index is 11.5. The molecule has 0 fully saturated rings. The van der Waals surface area contributed by atoms with Crippen molar-refractivity contribution in [1.29, 1.82) is 10.5 Å². The lowest BCUT2D eigenvalue weighted by atomic mass is 9.97. The maximum atomic E-state index is 11.5. The molecule has 0 bridgehead atoms. The van der Waals surface area contributed by atoms with Crippen molar-refractivity contribution in [1.82, 2.24) is 20.6 Å². The highest BCUT2D eigenvalue weighted by molar-refractivity contribution is 7.98. The van der Waals surface area contributed by atoms with Gasteiger partial charge in [0.05, 0.1) is 31.0 Å². The van der Waals surface area contributed by atoms with Crippen LogP contribution in [0.4, 0.5) is 5.82 Å². The van der Waals surface area contributed by atoms with Gasteiger partial charge in [-0.05, 0) is 55.8 Å². The smallest absolute Gasteiger partial charge is 0.328 e. The summed E-state index contributed by atoms with van der Waals surface area (Å²) < 4.78 is 20.3. The average molecular weight is 792 g/mol. The molecule has 0 unspecified atom stereocenters. The van der Waals surface area contributed by atoms with E-state index in [-0.39, 0.29) is 43.2 Å². The Kier molecular flexibility index (Phi) is 16.9. The number of nitrogens with zero attached hydrogens (tertiary/aromatic N) is 4. The van der Waals surface area contributed by atoms with Crippen LogP contribution < -0.4 is 32.6 Å². The highest BCUT2D eigenvalue weighted by Gasteiger charge is 2.22. The highest BCUT2D eigenvalue weighted by Crippen LogP contribution is 2.37. The van der Waals surface area contributed by atoms with Crippen molar-refractivity contribution >= 4 is 52.9 Å². The van der Waals surface area contributed by atoms with Crippen LogP contribution in [0.15, 0.2) is 64.2 Å². The zero-order chi connectivity index (χ0) is 40.5. The number of ether oxygens (including phenoxy) is 3. The molecule has 55 heavy (non-hydrogen) atoms. The molecule has 0 saturated heterocycles. The molecule has 8 N–H and O–H groups in total. The Balaban J connectivity index is 0.000000324. The number of nitrogens with one attached hydrogen (secondary N) is 2. The molecule has 2 heterocycles. The topological polar surface area (TPSA) is 285 Å². The van der Waals surface area contributed by atoms with Crippen LogP contribution in [0, 0.1) is 22.7 Å². The Morgan fingerprint density at radius 3 is 2.20 bits per heavy atom. The molecule has 0 saturated carbocycles. The predicted octanol–water partition coefficient (Wildman–Crippen LogP) is 2.68. The molecule has 4 rings (SSSR count). The van der Waals surface area contributed by atoms with E-state index in [0.29, 0.717) is 44.3 Å². The van der Waals surface area contributed by atoms with Crippen molar-refractivity contribution in [3.05, 3.63) is 76.6 Å². The summed E-state index contributed by atoms with van der Waals surface area (Å²) in [6.07, 6.45) is 1.56. The molecule has 0 aliphatic heterocycles. The number of hydrogen-bond donors (Lipinski definition) is 5. The Morgan fingerprint density at radius 2 is 1.60 bits per heavy atom. The lowest BCUT2D eigenvalue weighted by molar-refractivity contribution is -0.153. The van der Waals surface area contributed by atoms with Gasteiger partial charge in [0.2, 0.25) is 17.7 Å². The average Bonchev–Trinajstić information content (AvgIpc) is 3.66. The first-order chi connectivity index (χ1) is 26.3. The van der Waals surface area contributed by atoms with E-state index < -0.39 is 35.8 Å². The van der Waals surface area contributed by atoms with Gasteiger partial charge in [0.15, 0.2) is 0 Å². The number of amides is 2. The molecule has 0 aliphatic rings. The van der Waals surface area contributed by atoms with Crippen molar-refractivity contribution in [3.63, 3.8) is 0 Å². The number of thioether (sulfide) groups is 1. The van der Waals surface area contributed by atoms with Crippen molar-refractivity contribution < 1.29 is 37.8 Å². The van der Waals surface area contributed by atoms with E-state index in [1.54, 1.807) is 49.8 Å². The number of oxazole rings is 1. The van der Waals surface area contributed by atoms with Crippen LogP contribution in [0.1, 0.15) is 30.7 Å². The number of rotatable bonds is 15. The summed E-state index contributed by atoms with van der Waals surface area (Å²) in [6.45, 7) is 2.04. The second-order valence-electron chi connectivity index (χ2n) is 11.2. The van der Waals surface area contributed by atoms with E-state index in [1.807, 2.05) is 12.1 Å². The van der Waals surface area contributed by atoms with Crippen molar-refractivity contribution in [2.45, 2.75) is 36.7 Å². The van der Waals surface area contributed by atoms with Crippen LogP contribution in [0.2, 0.25) is 5.02 Å². The molecule has 0 aliphatic carbocycles. The Morgan fingerprint density at radius 1 is 0.964 bits per heavy atom. The minimum atomic E-state index is -0.863. The number of carbonyl (C=O) groups excluding carboxylic acids is 4. The summed E-state index contributed by atoms with van der Waals surface area (Å²) >= 11 is 7.23. The van der Waals surface area contributed by atoms with E-state index >= 15 is 0 Å². The summed E-state index contributed by atoms with van der Waals surface area (Å²) in [6, 6.07) is 16.9. The fraction of sp³-hybridized carbons (Fsp3) is 0.278. The van der Waals surface area contributed by atoms with Gasteiger partial charge in [-0.25, -0.2) is 14.8 Å². The number of halogens is 1. The number of aromatic nitrogens is 2. The number of methoxy groups -OCH3 is 1. The first-order valence-electron chi connectivity index (χ1n) is 16.3. The van der Waals surface area contributed by atoms with Crippen LogP contribution in [0.3, 0.4) is 0 Å². The first kappa shape index (κ1) is 43.2. The zero-order valence-electron chi connectivity index (χ0n) is 30.0. The second kappa shape index (κ2) is 21.5. The fourth-order valence-electron chi connectivity index (χ4n) is 4.31. The molecule has 19 heteroatoms. The molecule has 0 radical (unpaired) electrons. The first-order valence-corrected chi connectivity index (χ1v) is 17.6. The predicted molar refractivity (Wildman–Crippen MR) is 202 cm³/mol. The van der Waals surface area contributed by atoms with Gasteiger partial charge >= 0.3 is 11.9 Å². The third-order valence-corrected chi connectivity index (χ3v) is 8.39. The third-order valence-electron chi connectivity index (χ3n) is 7.13. The normalized spacial score (nSPS) is 11.3. The van der Waals surface area contributed by atoms with Gasteiger partial charge in [-0.1, -0.05) is 35.5 Å². The lowest BCUT2D eigenvalue weighted by Gasteiger charge is -2.14. The van der Waals surface area contributed by atoms with Crippen molar-refractivity contribution in [2.24, 2.45) is 11.5 Å². The Bertz CT molecular complexity index is 2050. The largest absolute Gasteiger partial charge is 0.497 e. The Hall–Kier alpha value is -6.18. The Labute approximate surface area is 325 Å². The number of carbonyl (C=O) groups is 4. The number of pyridine rings is 1. The molecule has 2 amide bonds. The molecule has 0 spiro atoms. The number of nitrogen functional groups attached to an aromatic ring is 1. The molecule has 17 nitrogen and oxygen atoms in total. The molecular weight excluding hydrogens is 754 g/mol. The van der Waals surface area contributed by atoms with Gasteiger partial charge in [-0.2, -0.15) is 10.5 Å². The standard InChI is InChI=1S/C24H16ClN5O2S.C12H22N4O6/c1-31-18-8-4-14(5-9-18)21-19(10-26)22(28)30-24(20(21)11-27)33-13-17-12-32-23(29-17)15-2-6-16(25)7-3-15;1-7(14)11(19)16-8(2)12(20)22-4-3-21-10(18)6-15-9(17)5-13/h2-9,12H,13H2,1H3,(H2,28,30);7-8H,3-6,13-14H2,1-2H3,(H,15,17)(H,16,19)/t;7-,8+/m.1/s1. The van der Waals surface area contributed by atoms with E-state index in [1.165, 1.54) is 25.6 Å². The van der Waals surface area contributed by atoms with E-state index in [0.717, 1.165) is 5.56 Å². The minimum Gasteiger partial charge on any atom is -0.497 e. The minimum absolute atomic E-state index is 0.0619. The summed E-state index contributed by atoms with van der Waals surface area (Å²) in [5.41, 5.74) is 19.5. The van der Waals surface area contributed by atoms with Gasteiger partial charge in [0.25, 0.3) is 0 Å². The van der Waals surface area contributed by atoms with Crippen LogP contribution in [-0.2, 0) is 34.4 Å². The van der Waals surface area contributed by atoms with E-state index in [2.05, 4.69) is 32.7 Å². The van der Waals surface area contributed by atoms with Gasteiger partial charge in [-0.3, -0.25) is 14.4 Å². The third kappa shape index (κ3) is 13.0. The van der Waals surface area contributed by atoms with Crippen molar-refractivity contribution in [2.75, 3.05) is 39.1 Å². The fourth-order valence-corrected chi connectivity index (χ4v) is 5.31. The lowest BCUT2D eigenvalue weighted by Crippen LogP contribution is -2.46. The van der Waals surface area contributed by atoms with E-state index in [4.69, 9.17) is 47.4 Å². The zero-order valence-corrected chi connectivity index (χ0v) is 31.5. The number of nitriles is 2. The van der Waals surface area contributed by atoms with Crippen LogP contribution >= 0.6 is 23.4 Å².